The van der Waals surface area contributed by atoms with Crippen molar-refractivity contribution in [2.24, 2.45) is 0 Å². The molecule has 1 N–H and O–H groups in total. The quantitative estimate of drug-likeness (QED) is 0.853. The maximum Gasteiger partial charge on any atom is 0.422 e. The van der Waals surface area contributed by atoms with Crippen LogP contribution in [0.3, 0.4) is 0 Å². The molecule has 0 saturated heterocycles. The number of halogens is 5. The second kappa shape index (κ2) is 5.65. The van der Waals surface area contributed by atoms with Gasteiger partial charge in [0.15, 0.2) is 6.61 Å². The zero-order chi connectivity index (χ0) is 13.8. The van der Waals surface area contributed by atoms with Crippen LogP contribution in [0.2, 0.25) is 0 Å². The van der Waals surface area contributed by atoms with Gasteiger partial charge in [0.05, 0.1) is 0 Å². The van der Waals surface area contributed by atoms with Gasteiger partial charge >= 0.3 is 12.6 Å². The Balaban J connectivity index is 2.55. The Hall–Kier alpha value is -1.86. The van der Waals surface area contributed by atoms with Crippen LogP contribution in [-0.4, -0.2) is 25.1 Å². The molecule has 3 nitrogen and oxygen atoms in total. The van der Waals surface area contributed by atoms with E-state index in [0.717, 1.165) is 24.3 Å². The van der Waals surface area contributed by atoms with Crippen LogP contribution in [0.1, 0.15) is 0 Å². The van der Waals surface area contributed by atoms with Crippen LogP contribution in [-0.2, 0) is 4.79 Å². The molecule has 0 aliphatic heterocycles. The van der Waals surface area contributed by atoms with Gasteiger partial charge in [-0.05, 0) is 24.3 Å². The molecule has 0 fully saturated rings. The molecule has 1 aromatic rings. The van der Waals surface area contributed by atoms with Gasteiger partial charge in [0.2, 0.25) is 0 Å². The third kappa shape index (κ3) is 4.98. The smallest absolute Gasteiger partial charge is 0.422 e. The van der Waals surface area contributed by atoms with E-state index in [-0.39, 0.29) is 11.4 Å². The predicted molar refractivity (Wildman–Crippen MR) is 52.6 cm³/mol. The lowest BCUT2D eigenvalue weighted by Gasteiger charge is -2.10. The highest BCUT2D eigenvalue weighted by atomic mass is 19.4. The zero-order valence-electron chi connectivity index (χ0n) is 8.80. The Labute approximate surface area is 98.5 Å². The van der Waals surface area contributed by atoms with E-state index in [1.165, 1.54) is 0 Å². The maximum atomic E-state index is 11.9. The SMILES string of the molecule is O=C(Nc1ccc(OCC(F)(F)F)cc1)C(F)F. The first kappa shape index (κ1) is 14.2. The summed E-state index contributed by atoms with van der Waals surface area (Å²) in [5, 5.41) is 1.87. The number of hydrogen-bond donors (Lipinski definition) is 1. The van der Waals surface area contributed by atoms with E-state index >= 15 is 0 Å². The number of nitrogens with one attached hydrogen (secondary N) is 1. The minimum absolute atomic E-state index is 0.0414. The molecule has 0 radical (unpaired) electrons. The minimum Gasteiger partial charge on any atom is -0.484 e. The van der Waals surface area contributed by atoms with Crippen LogP contribution in [0.5, 0.6) is 5.75 Å². The lowest BCUT2D eigenvalue weighted by atomic mass is 10.3. The molecule has 0 unspecified atom stereocenters. The first-order valence-corrected chi connectivity index (χ1v) is 4.66. The number of rotatable bonds is 4. The lowest BCUT2D eigenvalue weighted by molar-refractivity contribution is -0.153. The molecule has 8 heteroatoms. The molecule has 0 spiro atoms. The van der Waals surface area contributed by atoms with Gasteiger partial charge in [0.25, 0.3) is 5.91 Å². The number of carbonyl (C=O) groups is 1. The summed E-state index contributed by atoms with van der Waals surface area (Å²) >= 11 is 0. The Morgan fingerprint density at radius 1 is 1.22 bits per heavy atom. The molecule has 0 atom stereocenters. The normalized spacial score (nSPS) is 11.4. The number of anilines is 1. The van der Waals surface area contributed by atoms with E-state index in [4.69, 9.17) is 0 Å². The van der Waals surface area contributed by atoms with E-state index in [1.807, 2.05) is 5.32 Å². The van der Waals surface area contributed by atoms with Crippen LogP contribution in [0.4, 0.5) is 27.6 Å². The van der Waals surface area contributed by atoms with Crippen LogP contribution >= 0.6 is 0 Å². The summed E-state index contributed by atoms with van der Waals surface area (Å²) < 4.78 is 63.6. The van der Waals surface area contributed by atoms with E-state index in [2.05, 4.69) is 4.74 Å². The van der Waals surface area contributed by atoms with Crippen molar-refractivity contribution in [3.05, 3.63) is 24.3 Å². The van der Waals surface area contributed by atoms with Crippen LogP contribution in [0.15, 0.2) is 24.3 Å². The summed E-state index contributed by atoms with van der Waals surface area (Å²) in [5.41, 5.74) is 0.0414. The number of benzene rings is 1. The molecule has 100 valence electrons. The molecular weight excluding hydrogens is 261 g/mol. The molecule has 18 heavy (non-hydrogen) atoms. The monoisotopic (exact) mass is 269 g/mol. The highest BCUT2D eigenvalue weighted by molar-refractivity contribution is 5.93. The summed E-state index contributed by atoms with van der Waals surface area (Å²) in [4.78, 5) is 10.6. The zero-order valence-corrected chi connectivity index (χ0v) is 8.80. The number of alkyl halides is 5. The average molecular weight is 269 g/mol. The van der Waals surface area contributed by atoms with Crippen LogP contribution in [0, 0.1) is 0 Å². The maximum absolute atomic E-state index is 11.9. The van der Waals surface area contributed by atoms with Gasteiger partial charge in [-0.1, -0.05) is 0 Å². The second-order valence-electron chi connectivity index (χ2n) is 3.22. The molecule has 0 aromatic heterocycles. The number of ether oxygens (including phenoxy) is 1. The highest BCUT2D eigenvalue weighted by Crippen LogP contribution is 2.20. The summed E-state index contributed by atoms with van der Waals surface area (Å²) in [5.74, 6) is -1.57. The van der Waals surface area contributed by atoms with Gasteiger partial charge in [0.1, 0.15) is 5.75 Å². The fraction of sp³-hybridized carbons (Fsp3) is 0.300. The largest absolute Gasteiger partial charge is 0.484 e. The molecule has 0 bridgehead atoms. The third-order valence-corrected chi connectivity index (χ3v) is 1.72. The van der Waals surface area contributed by atoms with Crippen LogP contribution in [0.25, 0.3) is 0 Å². The Kier molecular flexibility index (Phi) is 4.46. The summed E-state index contributed by atoms with van der Waals surface area (Å²) in [6, 6.07) is 4.58. The molecule has 0 heterocycles. The van der Waals surface area contributed by atoms with Gasteiger partial charge in [0, 0.05) is 5.69 Å². The molecule has 1 aromatic carbocycles. The van der Waals surface area contributed by atoms with Gasteiger partial charge in [-0.25, -0.2) is 0 Å². The Morgan fingerprint density at radius 2 is 1.78 bits per heavy atom. The highest BCUT2D eigenvalue weighted by Gasteiger charge is 2.28. The van der Waals surface area contributed by atoms with Crippen molar-refractivity contribution in [3.8, 4) is 5.75 Å². The minimum atomic E-state index is -4.46. The molecule has 0 aliphatic rings. The van der Waals surface area contributed by atoms with E-state index in [1.54, 1.807) is 0 Å². The molecule has 1 rings (SSSR count). The van der Waals surface area contributed by atoms with Gasteiger partial charge in [-0.15, -0.1) is 0 Å². The topological polar surface area (TPSA) is 38.3 Å². The van der Waals surface area contributed by atoms with Gasteiger partial charge < -0.3 is 10.1 Å². The Bertz CT molecular complexity index is 402. The van der Waals surface area contributed by atoms with Crippen molar-refractivity contribution in [3.63, 3.8) is 0 Å². The van der Waals surface area contributed by atoms with Crippen molar-refractivity contribution < 1.29 is 31.5 Å². The predicted octanol–water partition coefficient (Wildman–Crippen LogP) is 2.83. The summed E-state index contributed by atoms with van der Waals surface area (Å²) in [7, 11) is 0. The first-order valence-electron chi connectivity index (χ1n) is 4.66. The lowest BCUT2D eigenvalue weighted by Crippen LogP contribution is -2.20. The fourth-order valence-corrected chi connectivity index (χ4v) is 0.996. The number of amides is 1. The van der Waals surface area contributed by atoms with Crippen molar-refractivity contribution in [1.29, 1.82) is 0 Å². The summed E-state index contributed by atoms with van der Waals surface area (Å²) in [6.07, 6.45) is -7.62. The fourth-order valence-electron chi connectivity index (χ4n) is 0.996. The average Bonchev–Trinajstić information content (AvgIpc) is 2.27. The summed E-state index contributed by atoms with van der Waals surface area (Å²) in [6.45, 7) is -1.45. The Morgan fingerprint density at radius 3 is 2.22 bits per heavy atom. The molecule has 0 aliphatic carbocycles. The number of carbonyl (C=O) groups excluding carboxylic acids is 1. The van der Waals surface area contributed by atoms with Crippen molar-refractivity contribution in [1.82, 2.24) is 0 Å². The van der Waals surface area contributed by atoms with Crippen LogP contribution < -0.4 is 10.1 Å². The van der Waals surface area contributed by atoms with Crippen molar-refractivity contribution in [2.45, 2.75) is 12.6 Å². The van der Waals surface area contributed by atoms with E-state index < -0.39 is 25.1 Å². The first-order chi connectivity index (χ1) is 8.28. The molecule has 0 saturated carbocycles. The standard InChI is InChI=1S/C10H8F5NO2/c11-8(12)9(17)16-6-1-3-7(4-2-6)18-5-10(13,14)15/h1-4,8H,5H2,(H,16,17). The third-order valence-electron chi connectivity index (χ3n) is 1.72. The molecular formula is C10H8F5NO2. The second-order valence-corrected chi connectivity index (χ2v) is 3.22. The molecule has 1 amide bonds. The van der Waals surface area contributed by atoms with E-state index in [9.17, 15) is 26.7 Å². The van der Waals surface area contributed by atoms with Crippen molar-refractivity contribution >= 4 is 11.6 Å². The van der Waals surface area contributed by atoms with E-state index in [0.29, 0.717) is 0 Å². The van der Waals surface area contributed by atoms with Gasteiger partial charge in [-0.2, -0.15) is 22.0 Å². The van der Waals surface area contributed by atoms with Gasteiger partial charge in [-0.3, -0.25) is 4.79 Å². The number of hydrogen-bond acceptors (Lipinski definition) is 2. The van der Waals surface area contributed by atoms with Crippen molar-refractivity contribution in [2.75, 3.05) is 11.9 Å².